The monoisotopic (exact) mass is 268 g/mol. The van der Waals surface area contributed by atoms with Crippen LogP contribution in [-0.2, 0) is 9.59 Å². The predicted molar refractivity (Wildman–Crippen MR) is 72.4 cm³/mol. The van der Waals surface area contributed by atoms with Crippen LogP contribution in [-0.4, -0.2) is 55.5 Å². The topological polar surface area (TPSA) is 87.5 Å². The Bertz CT molecular complexity index is 321. The molecule has 2 saturated heterocycles. The molecule has 0 aromatic heterocycles. The van der Waals surface area contributed by atoms with E-state index in [1.165, 1.54) is 0 Å². The Morgan fingerprint density at radius 3 is 2.58 bits per heavy atom. The average molecular weight is 268 g/mol. The SMILES string of the molecule is NC(=O)CN1CCC(NC(=O)C2CCCNC2)CC1. The van der Waals surface area contributed by atoms with Crippen molar-refractivity contribution in [1.82, 2.24) is 15.5 Å². The summed E-state index contributed by atoms with van der Waals surface area (Å²) in [6.07, 6.45) is 3.87. The molecule has 0 aromatic rings. The number of piperidine rings is 2. The molecule has 4 N–H and O–H groups in total. The quantitative estimate of drug-likeness (QED) is 0.613. The first-order valence-corrected chi connectivity index (χ1v) is 7.17. The number of rotatable bonds is 4. The lowest BCUT2D eigenvalue weighted by Crippen LogP contribution is -2.49. The van der Waals surface area contributed by atoms with E-state index in [0.29, 0.717) is 6.54 Å². The van der Waals surface area contributed by atoms with E-state index in [-0.39, 0.29) is 23.8 Å². The highest BCUT2D eigenvalue weighted by molar-refractivity contribution is 5.79. The van der Waals surface area contributed by atoms with E-state index in [1.807, 2.05) is 4.90 Å². The van der Waals surface area contributed by atoms with Crippen LogP contribution in [0.2, 0.25) is 0 Å². The minimum atomic E-state index is -0.282. The molecular weight excluding hydrogens is 244 g/mol. The smallest absolute Gasteiger partial charge is 0.231 e. The molecule has 0 saturated carbocycles. The maximum absolute atomic E-state index is 12.1. The highest BCUT2D eigenvalue weighted by Crippen LogP contribution is 2.13. The zero-order valence-corrected chi connectivity index (χ0v) is 11.4. The summed E-state index contributed by atoms with van der Waals surface area (Å²) in [7, 11) is 0. The van der Waals surface area contributed by atoms with Crippen LogP contribution in [0.25, 0.3) is 0 Å². The molecule has 19 heavy (non-hydrogen) atoms. The van der Waals surface area contributed by atoms with E-state index in [4.69, 9.17) is 5.73 Å². The number of primary amides is 1. The normalized spacial score (nSPS) is 26.0. The van der Waals surface area contributed by atoms with Gasteiger partial charge in [-0.15, -0.1) is 0 Å². The molecular formula is C13H24N4O2. The van der Waals surface area contributed by atoms with E-state index < -0.39 is 0 Å². The van der Waals surface area contributed by atoms with Gasteiger partial charge in [-0.1, -0.05) is 0 Å². The molecule has 0 spiro atoms. The van der Waals surface area contributed by atoms with Crippen LogP contribution in [0.4, 0.5) is 0 Å². The molecule has 0 bridgehead atoms. The largest absolute Gasteiger partial charge is 0.369 e. The van der Waals surface area contributed by atoms with Crippen LogP contribution in [0, 0.1) is 5.92 Å². The van der Waals surface area contributed by atoms with Crippen molar-refractivity contribution in [3.05, 3.63) is 0 Å². The molecule has 2 heterocycles. The molecule has 2 rings (SSSR count). The zero-order chi connectivity index (χ0) is 13.7. The lowest BCUT2D eigenvalue weighted by Gasteiger charge is -2.32. The summed E-state index contributed by atoms with van der Waals surface area (Å²) in [4.78, 5) is 25.0. The van der Waals surface area contributed by atoms with E-state index in [2.05, 4.69) is 10.6 Å². The van der Waals surface area contributed by atoms with Gasteiger partial charge in [-0.25, -0.2) is 0 Å². The van der Waals surface area contributed by atoms with Gasteiger partial charge < -0.3 is 16.4 Å². The lowest BCUT2D eigenvalue weighted by molar-refractivity contribution is -0.127. The van der Waals surface area contributed by atoms with Gasteiger partial charge in [0.25, 0.3) is 0 Å². The molecule has 2 fully saturated rings. The molecule has 1 atom stereocenters. The van der Waals surface area contributed by atoms with E-state index >= 15 is 0 Å². The van der Waals surface area contributed by atoms with Crippen molar-refractivity contribution in [2.24, 2.45) is 11.7 Å². The van der Waals surface area contributed by atoms with Crippen molar-refractivity contribution in [1.29, 1.82) is 0 Å². The van der Waals surface area contributed by atoms with Crippen molar-refractivity contribution in [2.45, 2.75) is 31.7 Å². The Morgan fingerprint density at radius 2 is 2.00 bits per heavy atom. The Kier molecular flexibility index (Phi) is 5.15. The summed E-state index contributed by atoms with van der Waals surface area (Å²) < 4.78 is 0. The van der Waals surface area contributed by atoms with Crippen LogP contribution < -0.4 is 16.4 Å². The fraction of sp³-hybridized carbons (Fsp3) is 0.846. The van der Waals surface area contributed by atoms with Gasteiger partial charge in [0.05, 0.1) is 12.5 Å². The molecule has 2 amide bonds. The molecule has 0 aromatic carbocycles. The van der Waals surface area contributed by atoms with Gasteiger partial charge in [0.15, 0.2) is 0 Å². The number of amides is 2. The van der Waals surface area contributed by atoms with Crippen LogP contribution in [0.3, 0.4) is 0 Å². The highest BCUT2D eigenvalue weighted by Gasteiger charge is 2.25. The third-order valence-electron chi connectivity index (χ3n) is 3.98. The molecule has 0 radical (unpaired) electrons. The third-order valence-corrected chi connectivity index (χ3v) is 3.98. The van der Waals surface area contributed by atoms with E-state index in [0.717, 1.165) is 51.9 Å². The second-order valence-electron chi connectivity index (χ2n) is 5.57. The van der Waals surface area contributed by atoms with Crippen molar-refractivity contribution < 1.29 is 9.59 Å². The molecule has 6 nitrogen and oxygen atoms in total. The molecule has 2 aliphatic heterocycles. The Balaban J connectivity index is 1.69. The summed E-state index contributed by atoms with van der Waals surface area (Å²) in [5.74, 6) is 0.0220. The summed E-state index contributed by atoms with van der Waals surface area (Å²) >= 11 is 0. The van der Waals surface area contributed by atoms with Crippen molar-refractivity contribution >= 4 is 11.8 Å². The highest BCUT2D eigenvalue weighted by atomic mass is 16.2. The van der Waals surface area contributed by atoms with Gasteiger partial charge in [0.1, 0.15) is 0 Å². The number of nitrogens with two attached hydrogens (primary N) is 1. The van der Waals surface area contributed by atoms with Gasteiger partial charge >= 0.3 is 0 Å². The van der Waals surface area contributed by atoms with Gasteiger partial charge in [0, 0.05) is 25.7 Å². The lowest BCUT2D eigenvalue weighted by atomic mass is 9.97. The second-order valence-corrected chi connectivity index (χ2v) is 5.57. The predicted octanol–water partition coefficient (Wildman–Crippen LogP) is -0.948. The maximum atomic E-state index is 12.1. The first kappa shape index (κ1) is 14.3. The molecule has 6 heteroatoms. The van der Waals surface area contributed by atoms with E-state index in [9.17, 15) is 9.59 Å². The zero-order valence-electron chi connectivity index (χ0n) is 11.4. The number of likely N-dealkylation sites (tertiary alicyclic amines) is 1. The van der Waals surface area contributed by atoms with Crippen LogP contribution in [0.5, 0.6) is 0 Å². The number of nitrogens with zero attached hydrogens (tertiary/aromatic N) is 1. The first-order chi connectivity index (χ1) is 9.15. The number of nitrogens with one attached hydrogen (secondary N) is 2. The fourth-order valence-corrected chi connectivity index (χ4v) is 2.85. The Hall–Kier alpha value is -1.14. The fourth-order valence-electron chi connectivity index (χ4n) is 2.85. The standard InChI is InChI=1S/C13H24N4O2/c14-12(18)9-17-6-3-11(4-7-17)16-13(19)10-2-1-5-15-8-10/h10-11,15H,1-9H2,(H2,14,18)(H,16,19). The minimum absolute atomic E-state index is 0.123. The molecule has 108 valence electrons. The Labute approximate surface area is 114 Å². The van der Waals surface area contributed by atoms with Gasteiger partial charge in [-0.05, 0) is 32.2 Å². The molecule has 2 aliphatic rings. The minimum Gasteiger partial charge on any atom is -0.369 e. The number of hydrogen-bond donors (Lipinski definition) is 3. The summed E-state index contributed by atoms with van der Waals surface area (Å²) in [5.41, 5.74) is 5.18. The van der Waals surface area contributed by atoms with Crippen molar-refractivity contribution in [3.63, 3.8) is 0 Å². The molecule has 1 unspecified atom stereocenters. The first-order valence-electron chi connectivity index (χ1n) is 7.17. The van der Waals surface area contributed by atoms with Crippen molar-refractivity contribution in [3.8, 4) is 0 Å². The summed E-state index contributed by atoms with van der Waals surface area (Å²) in [5, 5.41) is 6.40. The second kappa shape index (κ2) is 6.86. The van der Waals surface area contributed by atoms with Crippen LogP contribution in [0.15, 0.2) is 0 Å². The van der Waals surface area contributed by atoms with Gasteiger partial charge in [-0.2, -0.15) is 0 Å². The average Bonchev–Trinajstić information content (AvgIpc) is 2.41. The van der Waals surface area contributed by atoms with Crippen LogP contribution >= 0.6 is 0 Å². The Morgan fingerprint density at radius 1 is 1.26 bits per heavy atom. The number of carbonyl (C=O) groups excluding carboxylic acids is 2. The van der Waals surface area contributed by atoms with E-state index in [1.54, 1.807) is 0 Å². The van der Waals surface area contributed by atoms with Crippen molar-refractivity contribution in [2.75, 3.05) is 32.7 Å². The number of carbonyl (C=O) groups is 2. The van der Waals surface area contributed by atoms with Gasteiger partial charge in [0.2, 0.25) is 11.8 Å². The maximum Gasteiger partial charge on any atom is 0.231 e. The molecule has 0 aliphatic carbocycles. The number of hydrogen-bond acceptors (Lipinski definition) is 4. The summed E-state index contributed by atoms with van der Waals surface area (Å²) in [6, 6.07) is 0.249. The third kappa shape index (κ3) is 4.47. The van der Waals surface area contributed by atoms with Gasteiger partial charge in [-0.3, -0.25) is 14.5 Å². The van der Waals surface area contributed by atoms with Crippen LogP contribution in [0.1, 0.15) is 25.7 Å². The summed E-state index contributed by atoms with van der Waals surface area (Å²) in [6.45, 7) is 3.81.